The zero-order valence-electron chi connectivity index (χ0n) is 13.9. The van der Waals surface area contributed by atoms with E-state index >= 15 is 0 Å². The summed E-state index contributed by atoms with van der Waals surface area (Å²) in [4.78, 5) is 42.1. The van der Waals surface area contributed by atoms with Gasteiger partial charge in [-0.25, -0.2) is 4.79 Å². The maximum atomic E-state index is 12.5. The lowest BCUT2D eigenvalue weighted by atomic mass is 10.2. The van der Waals surface area contributed by atoms with Crippen molar-refractivity contribution in [3.05, 3.63) is 72.1 Å². The molecule has 2 rings (SSSR count). The number of aldehydes is 1. The van der Waals surface area contributed by atoms with Gasteiger partial charge in [0.25, 0.3) is 5.91 Å². The summed E-state index contributed by atoms with van der Waals surface area (Å²) >= 11 is 0. The molecule has 0 bridgehead atoms. The van der Waals surface area contributed by atoms with Gasteiger partial charge in [-0.1, -0.05) is 36.4 Å². The fourth-order valence-electron chi connectivity index (χ4n) is 2.17. The fraction of sp³-hybridized carbons (Fsp3) is 0.158. The molecule has 0 N–H and O–H groups in total. The Kier molecular flexibility index (Phi) is 6.59. The van der Waals surface area contributed by atoms with Gasteiger partial charge in [-0.15, -0.1) is 0 Å². The van der Waals surface area contributed by atoms with Gasteiger partial charge in [0.1, 0.15) is 6.29 Å². The zero-order chi connectivity index (χ0) is 18.1. The third kappa shape index (κ3) is 5.39. The van der Waals surface area contributed by atoms with Crippen LogP contribution in [0.25, 0.3) is 6.08 Å². The lowest BCUT2D eigenvalue weighted by molar-refractivity contribution is -0.126. The van der Waals surface area contributed by atoms with Crippen LogP contribution in [-0.4, -0.2) is 46.6 Å². The molecule has 3 amide bonds. The summed E-state index contributed by atoms with van der Waals surface area (Å²) in [7, 11) is 1.56. The Morgan fingerprint density at radius 2 is 1.80 bits per heavy atom. The molecule has 0 spiro atoms. The average Bonchev–Trinajstić information content (AvgIpc) is 2.65. The van der Waals surface area contributed by atoms with E-state index in [4.69, 9.17) is 0 Å². The van der Waals surface area contributed by atoms with Gasteiger partial charge in [-0.2, -0.15) is 0 Å². The van der Waals surface area contributed by atoms with E-state index in [-0.39, 0.29) is 13.1 Å². The van der Waals surface area contributed by atoms with Gasteiger partial charge in [0.15, 0.2) is 0 Å². The lowest BCUT2D eigenvalue weighted by Gasteiger charge is -2.24. The van der Waals surface area contributed by atoms with E-state index in [1.807, 2.05) is 36.4 Å². The molecule has 0 saturated carbocycles. The first kappa shape index (κ1) is 18.1. The van der Waals surface area contributed by atoms with Crippen LogP contribution >= 0.6 is 0 Å². The predicted molar refractivity (Wildman–Crippen MR) is 94.4 cm³/mol. The van der Waals surface area contributed by atoms with Crippen molar-refractivity contribution in [3.8, 4) is 0 Å². The summed E-state index contributed by atoms with van der Waals surface area (Å²) in [5.74, 6) is -0.547. The van der Waals surface area contributed by atoms with Crippen molar-refractivity contribution >= 4 is 24.3 Å². The van der Waals surface area contributed by atoms with Crippen LogP contribution in [0.4, 0.5) is 4.79 Å². The second kappa shape index (κ2) is 9.12. The third-order valence-corrected chi connectivity index (χ3v) is 3.42. The van der Waals surface area contributed by atoms with Crippen molar-refractivity contribution in [2.45, 2.75) is 6.54 Å². The first-order valence-corrected chi connectivity index (χ1v) is 7.75. The highest BCUT2D eigenvalue weighted by molar-refractivity contribution is 6.03. The number of rotatable bonds is 6. The highest BCUT2D eigenvalue weighted by Gasteiger charge is 2.22. The lowest BCUT2D eigenvalue weighted by Crippen LogP contribution is -2.44. The molecular weight excluding hydrogens is 318 g/mol. The van der Waals surface area contributed by atoms with Gasteiger partial charge >= 0.3 is 6.03 Å². The summed E-state index contributed by atoms with van der Waals surface area (Å²) in [6.07, 6.45) is 5.04. The molecule has 128 valence electrons. The smallest absolute Gasteiger partial charge is 0.321 e. The SMILES string of the molecule is CN(Cc1ccccn1)C(=O)N(CC=O)C(=O)/C=C/c1ccccc1. The Morgan fingerprint density at radius 1 is 1.08 bits per heavy atom. The van der Waals surface area contributed by atoms with Crippen LogP contribution < -0.4 is 0 Å². The molecule has 1 heterocycles. The summed E-state index contributed by atoms with van der Waals surface area (Å²) in [6, 6.07) is 14.1. The van der Waals surface area contributed by atoms with Crippen LogP contribution in [0.2, 0.25) is 0 Å². The average molecular weight is 337 g/mol. The molecule has 0 aliphatic rings. The van der Waals surface area contributed by atoms with Gasteiger partial charge in [0, 0.05) is 19.3 Å². The summed E-state index contributed by atoms with van der Waals surface area (Å²) in [5, 5.41) is 0. The number of carbonyl (C=O) groups is 3. The minimum Gasteiger partial charge on any atom is -0.321 e. The van der Waals surface area contributed by atoms with Crippen molar-refractivity contribution in [2.75, 3.05) is 13.6 Å². The van der Waals surface area contributed by atoms with Gasteiger partial charge in [0.05, 0.1) is 18.8 Å². The number of hydrogen-bond donors (Lipinski definition) is 0. The Hall–Kier alpha value is -3.28. The van der Waals surface area contributed by atoms with Crippen LogP contribution in [0.1, 0.15) is 11.3 Å². The minimum atomic E-state index is -0.555. The Balaban J connectivity index is 2.07. The first-order chi connectivity index (χ1) is 12.1. The molecule has 6 nitrogen and oxygen atoms in total. The quantitative estimate of drug-likeness (QED) is 0.599. The third-order valence-electron chi connectivity index (χ3n) is 3.42. The molecule has 6 heteroatoms. The number of aromatic nitrogens is 1. The number of benzene rings is 1. The van der Waals surface area contributed by atoms with Gasteiger partial charge < -0.3 is 9.69 Å². The van der Waals surface area contributed by atoms with Crippen LogP contribution in [0.15, 0.2) is 60.8 Å². The maximum Gasteiger partial charge on any atom is 0.327 e. The summed E-state index contributed by atoms with van der Waals surface area (Å²) < 4.78 is 0. The second-order valence-electron chi connectivity index (χ2n) is 5.32. The Bertz CT molecular complexity index is 745. The number of urea groups is 1. The first-order valence-electron chi connectivity index (χ1n) is 7.75. The molecule has 25 heavy (non-hydrogen) atoms. The largest absolute Gasteiger partial charge is 0.327 e. The monoisotopic (exact) mass is 337 g/mol. The predicted octanol–water partition coefficient (Wildman–Crippen LogP) is 2.37. The van der Waals surface area contributed by atoms with Crippen LogP contribution in [0.5, 0.6) is 0 Å². The normalized spacial score (nSPS) is 10.4. The molecule has 0 saturated heterocycles. The molecule has 0 fully saturated rings. The molecule has 0 radical (unpaired) electrons. The van der Waals surface area contributed by atoms with Crippen molar-refractivity contribution in [3.63, 3.8) is 0 Å². The van der Waals surface area contributed by atoms with Crippen LogP contribution in [0.3, 0.4) is 0 Å². The van der Waals surface area contributed by atoms with Crippen LogP contribution in [0, 0.1) is 0 Å². The topological polar surface area (TPSA) is 70.6 Å². The number of hydrogen-bond acceptors (Lipinski definition) is 4. The van der Waals surface area contributed by atoms with Crippen molar-refractivity contribution < 1.29 is 14.4 Å². The number of pyridine rings is 1. The van der Waals surface area contributed by atoms with E-state index in [2.05, 4.69) is 4.98 Å². The highest BCUT2D eigenvalue weighted by Crippen LogP contribution is 2.06. The number of amides is 3. The fourth-order valence-corrected chi connectivity index (χ4v) is 2.17. The van der Waals surface area contributed by atoms with E-state index in [9.17, 15) is 14.4 Å². The van der Waals surface area contributed by atoms with Crippen molar-refractivity contribution in [1.29, 1.82) is 0 Å². The van der Waals surface area contributed by atoms with Gasteiger partial charge in [-0.3, -0.25) is 14.7 Å². The summed E-state index contributed by atoms with van der Waals surface area (Å²) in [5.41, 5.74) is 1.52. The van der Waals surface area contributed by atoms with Gasteiger partial charge in [0.2, 0.25) is 0 Å². The Morgan fingerprint density at radius 3 is 2.44 bits per heavy atom. The standard InChI is InChI=1S/C19H19N3O3/c1-21(15-17-9-5-6-12-20-17)19(25)22(13-14-23)18(24)11-10-16-7-3-2-4-8-16/h2-12,14H,13,15H2,1H3/b11-10+. The van der Waals surface area contributed by atoms with Crippen molar-refractivity contribution in [2.24, 2.45) is 0 Å². The van der Waals surface area contributed by atoms with E-state index in [0.29, 0.717) is 12.0 Å². The maximum absolute atomic E-state index is 12.5. The van der Waals surface area contributed by atoms with Gasteiger partial charge in [-0.05, 0) is 23.8 Å². The number of imide groups is 1. The Labute approximate surface area is 146 Å². The molecule has 0 aliphatic heterocycles. The molecule has 2 aromatic rings. The van der Waals surface area contributed by atoms with Crippen LogP contribution in [-0.2, 0) is 16.1 Å². The number of carbonyl (C=O) groups excluding carboxylic acids is 3. The van der Waals surface area contributed by atoms with E-state index in [1.54, 1.807) is 31.5 Å². The number of nitrogens with zero attached hydrogens (tertiary/aromatic N) is 3. The van der Waals surface area contributed by atoms with Crippen molar-refractivity contribution in [1.82, 2.24) is 14.8 Å². The molecule has 1 aromatic carbocycles. The van der Waals surface area contributed by atoms with E-state index < -0.39 is 11.9 Å². The highest BCUT2D eigenvalue weighted by atomic mass is 16.2. The van der Waals surface area contributed by atoms with E-state index in [1.165, 1.54) is 11.0 Å². The second-order valence-corrected chi connectivity index (χ2v) is 5.32. The minimum absolute atomic E-state index is 0.241. The molecule has 1 aromatic heterocycles. The molecule has 0 unspecified atom stereocenters. The molecular formula is C19H19N3O3. The summed E-state index contributed by atoms with van der Waals surface area (Å²) in [6.45, 7) is -0.0614. The van der Waals surface area contributed by atoms with E-state index in [0.717, 1.165) is 10.5 Å². The zero-order valence-corrected chi connectivity index (χ0v) is 13.9. The molecule has 0 atom stereocenters. The molecule has 0 aliphatic carbocycles.